The number of hydrogen-bond donors (Lipinski definition) is 4. The van der Waals surface area contributed by atoms with Crippen LogP contribution in [0.5, 0.6) is 0 Å². The van der Waals surface area contributed by atoms with Crippen LogP contribution in [0.1, 0.15) is 37.6 Å². The van der Waals surface area contributed by atoms with E-state index in [0.29, 0.717) is 18.7 Å². The number of aliphatic hydroxyl groups is 2. The van der Waals surface area contributed by atoms with E-state index in [-0.39, 0.29) is 6.54 Å². The molecule has 1 saturated carbocycles. The molecule has 128 valence electrons. The molecule has 1 saturated heterocycles. The Hall–Kier alpha value is -0.922. The van der Waals surface area contributed by atoms with Gasteiger partial charge in [0.1, 0.15) is 0 Å². The summed E-state index contributed by atoms with van der Waals surface area (Å²) in [5.41, 5.74) is 10.4. The SMILES string of the molecule is NC[C@H]1O[C@@H](c2nc([AsH2])cn2C2(C(N)=O)CCCC2)[C@H](O)[C@@H]1O. The number of ether oxygens (including phenoxy) is 1. The fraction of sp³-hybridized carbons (Fsp3) is 0.714. The summed E-state index contributed by atoms with van der Waals surface area (Å²) in [5, 5.41) is 20.4. The number of carbonyl (C=O) groups excluding carboxylic acids is 1. The zero-order valence-electron chi connectivity index (χ0n) is 12.8. The number of nitrogens with two attached hydrogens (primary N) is 2. The maximum atomic E-state index is 12.2. The van der Waals surface area contributed by atoms with E-state index in [1.54, 1.807) is 10.8 Å². The van der Waals surface area contributed by atoms with Crippen molar-refractivity contribution in [1.82, 2.24) is 9.55 Å². The summed E-state index contributed by atoms with van der Waals surface area (Å²) < 4.78 is 8.23. The Morgan fingerprint density at radius 3 is 2.61 bits per heavy atom. The Kier molecular flexibility index (Phi) is 4.55. The zero-order valence-corrected chi connectivity index (χ0v) is 15.2. The van der Waals surface area contributed by atoms with Crippen LogP contribution in [0.25, 0.3) is 0 Å². The normalized spacial score (nSPS) is 33.2. The van der Waals surface area contributed by atoms with Gasteiger partial charge in [0.05, 0.1) is 0 Å². The molecule has 2 aliphatic rings. The Morgan fingerprint density at radius 1 is 1.43 bits per heavy atom. The quantitative estimate of drug-likeness (QED) is 0.408. The second kappa shape index (κ2) is 6.18. The summed E-state index contributed by atoms with van der Waals surface area (Å²) in [6.45, 7) is 0.0965. The van der Waals surface area contributed by atoms with Gasteiger partial charge < -0.3 is 0 Å². The fourth-order valence-electron chi connectivity index (χ4n) is 3.68. The van der Waals surface area contributed by atoms with Crippen molar-refractivity contribution in [3.63, 3.8) is 0 Å². The van der Waals surface area contributed by atoms with Crippen LogP contribution in [-0.2, 0) is 15.1 Å². The first-order chi connectivity index (χ1) is 10.9. The molecule has 1 aromatic rings. The molecule has 2 fully saturated rings. The summed E-state index contributed by atoms with van der Waals surface area (Å²) in [7, 11) is 0. The third kappa shape index (κ3) is 2.62. The van der Waals surface area contributed by atoms with Crippen LogP contribution in [0, 0.1) is 0 Å². The average molecular weight is 386 g/mol. The fourth-order valence-corrected chi connectivity index (χ4v) is 4.27. The third-order valence-corrected chi connectivity index (χ3v) is 5.54. The van der Waals surface area contributed by atoms with Crippen LogP contribution < -0.4 is 15.9 Å². The molecule has 0 aromatic carbocycles. The van der Waals surface area contributed by atoms with E-state index >= 15 is 0 Å². The van der Waals surface area contributed by atoms with Crippen molar-refractivity contribution in [2.75, 3.05) is 6.54 Å². The summed E-state index contributed by atoms with van der Waals surface area (Å²) in [6, 6.07) is 0. The second-order valence-electron chi connectivity index (χ2n) is 6.31. The molecule has 1 amide bonds. The van der Waals surface area contributed by atoms with Crippen LogP contribution in [-0.4, -0.2) is 67.4 Å². The van der Waals surface area contributed by atoms with Crippen LogP contribution in [0.3, 0.4) is 0 Å². The summed E-state index contributed by atoms with van der Waals surface area (Å²) in [5.74, 6) is 0.0390. The van der Waals surface area contributed by atoms with Gasteiger partial charge in [0.2, 0.25) is 0 Å². The molecule has 9 heteroatoms. The van der Waals surface area contributed by atoms with Gasteiger partial charge in [0.15, 0.2) is 0 Å². The summed E-state index contributed by atoms with van der Waals surface area (Å²) >= 11 is 1.31. The van der Waals surface area contributed by atoms with E-state index < -0.39 is 35.9 Å². The van der Waals surface area contributed by atoms with Crippen molar-refractivity contribution < 1.29 is 19.7 Å². The molecule has 3 rings (SSSR count). The number of aromatic nitrogens is 2. The van der Waals surface area contributed by atoms with E-state index in [0.717, 1.165) is 17.3 Å². The van der Waals surface area contributed by atoms with Gasteiger partial charge in [-0.1, -0.05) is 0 Å². The molecular weight excluding hydrogens is 363 g/mol. The Bertz CT molecular complexity index is 602. The van der Waals surface area contributed by atoms with Crippen LogP contribution in [0.2, 0.25) is 0 Å². The molecule has 1 aliphatic carbocycles. The molecule has 0 bridgehead atoms. The van der Waals surface area contributed by atoms with Gasteiger partial charge in [-0.3, -0.25) is 0 Å². The van der Waals surface area contributed by atoms with E-state index in [2.05, 4.69) is 4.98 Å². The van der Waals surface area contributed by atoms with E-state index in [4.69, 9.17) is 16.2 Å². The maximum absolute atomic E-state index is 12.2. The number of nitrogens with zero attached hydrogens (tertiary/aromatic N) is 2. The van der Waals surface area contributed by atoms with Gasteiger partial charge in [0.25, 0.3) is 0 Å². The Morgan fingerprint density at radius 2 is 2.09 bits per heavy atom. The van der Waals surface area contributed by atoms with Crippen molar-refractivity contribution >= 4 is 27.2 Å². The number of imidazole rings is 1. The Labute approximate surface area is 142 Å². The van der Waals surface area contributed by atoms with Gasteiger partial charge in [-0.2, -0.15) is 0 Å². The number of hydrogen-bond acceptors (Lipinski definition) is 6. The van der Waals surface area contributed by atoms with Gasteiger partial charge >= 0.3 is 142 Å². The molecule has 0 spiro atoms. The van der Waals surface area contributed by atoms with Crippen molar-refractivity contribution in [2.45, 2.75) is 55.6 Å². The van der Waals surface area contributed by atoms with Crippen LogP contribution in [0.4, 0.5) is 0 Å². The number of aliphatic hydroxyl groups excluding tert-OH is 2. The minimum absolute atomic E-state index is 0.0965. The van der Waals surface area contributed by atoms with Crippen molar-refractivity contribution in [3.05, 3.63) is 12.0 Å². The van der Waals surface area contributed by atoms with E-state index in [9.17, 15) is 15.0 Å². The average Bonchev–Trinajstić information content (AvgIpc) is 3.19. The predicted octanol–water partition coefficient (Wildman–Crippen LogP) is -2.98. The first-order valence-corrected chi connectivity index (χ1v) is 8.98. The zero-order chi connectivity index (χ0) is 16.8. The molecule has 1 unspecified atom stereocenters. The number of primary amides is 1. The Balaban J connectivity index is 2.03. The summed E-state index contributed by atoms with van der Waals surface area (Å²) in [4.78, 5) is 16.6. The van der Waals surface area contributed by atoms with Gasteiger partial charge in [-0.15, -0.1) is 0 Å². The van der Waals surface area contributed by atoms with Crippen molar-refractivity contribution in [3.8, 4) is 0 Å². The molecule has 1 aliphatic heterocycles. The molecule has 2 heterocycles. The molecule has 8 nitrogen and oxygen atoms in total. The molecule has 1 aromatic heterocycles. The number of carbonyl (C=O) groups is 1. The summed E-state index contributed by atoms with van der Waals surface area (Å²) in [6.07, 6.45) is 1.22. The monoisotopic (exact) mass is 386 g/mol. The molecule has 5 atom stereocenters. The third-order valence-electron chi connectivity index (χ3n) is 4.95. The molecule has 0 radical (unpaired) electrons. The number of rotatable bonds is 4. The first-order valence-electron chi connectivity index (χ1n) is 7.77. The number of amides is 1. The van der Waals surface area contributed by atoms with Gasteiger partial charge in [0, 0.05) is 0 Å². The first kappa shape index (κ1) is 16.9. The molecular formula is C14H23AsN4O4. The van der Waals surface area contributed by atoms with Crippen molar-refractivity contribution in [2.24, 2.45) is 11.5 Å². The van der Waals surface area contributed by atoms with Crippen molar-refractivity contribution in [1.29, 1.82) is 0 Å². The van der Waals surface area contributed by atoms with Crippen LogP contribution >= 0.6 is 0 Å². The second-order valence-corrected chi connectivity index (χ2v) is 7.55. The van der Waals surface area contributed by atoms with E-state index in [1.165, 1.54) is 16.9 Å². The standard InChI is InChI=1S/C14H23AsN4O4/c15-8-6-19(14(13(17)22)3-1-2-4-14)12(18-8)11-10(21)9(20)7(5-16)23-11/h6-7,9-11,20-21H,1-5,15-16H2,(H2,17,22)/t7-,9-,10-,11-/m1/s1. The van der Waals surface area contributed by atoms with E-state index in [1.807, 2.05) is 0 Å². The molecule has 6 N–H and O–H groups in total. The predicted molar refractivity (Wildman–Crippen MR) is 84.7 cm³/mol. The van der Waals surface area contributed by atoms with Crippen LogP contribution in [0.15, 0.2) is 6.20 Å². The molecule has 23 heavy (non-hydrogen) atoms. The minimum atomic E-state index is -1.14. The van der Waals surface area contributed by atoms with Gasteiger partial charge in [-0.25, -0.2) is 0 Å². The van der Waals surface area contributed by atoms with Gasteiger partial charge in [-0.05, 0) is 0 Å². The topological polar surface area (TPSA) is 137 Å².